The predicted molar refractivity (Wildman–Crippen MR) is 101 cm³/mol. The van der Waals surface area contributed by atoms with E-state index in [1.54, 1.807) is 0 Å². The molecule has 2 amide bonds. The number of rotatable bonds is 3. The predicted octanol–water partition coefficient (Wildman–Crippen LogP) is 4.17. The Kier molecular flexibility index (Phi) is 4.34. The molecule has 6 heteroatoms. The molecule has 3 heterocycles. The molecule has 0 saturated heterocycles. The zero-order valence-corrected chi connectivity index (χ0v) is 15.1. The molecule has 132 valence electrons. The molecule has 0 fully saturated rings. The van der Waals surface area contributed by atoms with Crippen LogP contribution in [0.2, 0.25) is 0 Å². The van der Waals surface area contributed by atoms with Crippen LogP contribution < -0.4 is 5.32 Å². The number of fused-ring (bicyclic) bond motifs is 1. The van der Waals surface area contributed by atoms with E-state index < -0.39 is 0 Å². The van der Waals surface area contributed by atoms with Gasteiger partial charge in [0.2, 0.25) is 5.91 Å². The molecule has 26 heavy (non-hydrogen) atoms. The molecule has 0 radical (unpaired) electrons. The van der Waals surface area contributed by atoms with Gasteiger partial charge < -0.3 is 14.6 Å². The summed E-state index contributed by atoms with van der Waals surface area (Å²) >= 11 is 1.47. The van der Waals surface area contributed by atoms with E-state index in [0.29, 0.717) is 19.5 Å². The lowest BCUT2D eigenvalue weighted by Crippen LogP contribution is -2.35. The first-order chi connectivity index (χ1) is 12.6. The lowest BCUT2D eigenvalue weighted by molar-refractivity contribution is -0.114. The van der Waals surface area contributed by atoms with Crippen molar-refractivity contribution >= 4 is 28.8 Å². The molecule has 0 unspecified atom stereocenters. The van der Waals surface area contributed by atoms with Crippen LogP contribution >= 0.6 is 11.3 Å². The number of hydrogen-bond donors (Lipinski definition) is 1. The van der Waals surface area contributed by atoms with E-state index in [4.69, 9.17) is 4.42 Å². The highest BCUT2D eigenvalue weighted by molar-refractivity contribution is 7.12. The molecule has 0 saturated carbocycles. The van der Waals surface area contributed by atoms with Crippen LogP contribution in [0.15, 0.2) is 52.3 Å². The molecule has 0 spiro atoms. The number of nitrogens with one attached hydrogen (secondary N) is 1. The quantitative estimate of drug-likeness (QED) is 0.757. The Morgan fingerprint density at radius 3 is 2.85 bits per heavy atom. The summed E-state index contributed by atoms with van der Waals surface area (Å²) in [5.41, 5.74) is 2.68. The van der Waals surface area contributed by atoms with E-state index in [9.17, 15) is 9.59 Å². The third kappa shape index (κ3) is 3.28. The molecular formula is C20H18N2O3S. The molecule has 0 aliphatic carbocycles. The summed E-state index contributed by atoms with van der Waals surface area (Å²) in [4.78, 5) is 26.4. The minimum atomic E-state index is -0.108. The number of anilines is 1. The van der Waals surface area contributed by atoms with Gasteiger partial charge in [0.15, 0.2) is 0 Å². The Hall–Kier alpha value is -2.86. The zero-order valence-electron chi connectivity index (χ0n) is 14.3. The molecular weight excluding hydrogens is 348 g/mol. The monoisotopic (exact) mass is 366 g/mol. The number of nitrogens with zero attached hydrogens (tertiary/aromatic N) is 1. The molecule has 4 rings (SSSR count). The van der Waals surface area contributed by atoms with Crippen LogP contribution in [-0.4, -0.2) is 23.3 Å². The summed E-state index contributed by atoms with van der Waals surface area (Å²) in [6, 6.07) is 13.3. The van der Waals surface area contributed by atoms with Crippen molar-refractivity contribution < 1.29 is 14.0 Å². The fourth-order valence-corrected chi connectivity index (χ4v) is 3.85. The Labute approximate surface area is 155 Å². The first kappa shape index (κ1) is 16.6. The van der Waals surface area contributed by atoms with E-state index in [0.717, 1.165) is 33.2 Å². The minimum Gasteiger partial charge on any atom is -0.461 e. The first-order valence-electron chi connectivity index (χ1n) is 8.42. The Balaban J connectivity index is 1.56. The summed E-state index contributed by atoms with van der Waals surface area (Å²) in [6.45, 7) is 2.70. The Morgan fingerprint density at radius 2 is 2.08 bits per heavy atom. The molecule has 2 aromatic heterocycles. The lowest BCUT2D eigenvalue weighted by Gasteiger charge is -2.25. The normalized spacial score (nSPS) is 13.3. The van der Waals surface area contributed by atoms with Crippen LogP contribution in [0.25, 0.3) is 11.3 Å². The molecule has 5 nitrogen and oxygen atoms in total. The maximum Gasteiger partial charge on any atom is 0.264 e. The first-order valence-corrected chi connectivity index (χ1v) is 9.30. The highest BCUT2D eigenvalue weighted by atomic mass is 32.1. The van der Waals surface area contributed by atoms with Crippen molar-refractivity contribution in [1.29, 1.82) is 0 Å². The summed E-state index contributed by atoms with van der Waals surface area (Å²) in [5.74, 6) is 1.65. The van der Waals surface area contributed by atoms with Crippen molar-refractivity contribution in [3.8, 4) is 11.3 Å². The van der Waals surface area contributed by atoms with Crippen LogP contribution in [0, 0.1) is 0 Å². The maximum absolute atomic E-state index is 12.6. The van der Waals surface area contributed by atoms with Gasteiger partial charge in [0.1, 0.15) is 11.5 Å². The number of carbonyl (C=O) groups excluding carboxylic acids is 2. The van der Waals surface area contributed by atoms with Gasteiger partial charge in [-0.25, -0.2) is 0 Å². The largest absolute Gasteiger partial charge is 0.461 e. The van der Waals surface area contributed by atoms with Gasteiger partial charge in [-0.2, -0.15) is 0 Å². The van der Waals surface area contributed by atoms with E-state index in [-0.39, 0.29) is 11.8 Å². The van der Waals surface area contributed by atoms with Crippen LogP contribution in [0.3, 0.4) is 0 Å². The highest BCUT2D eigenvalue weighted by Crippen LogP contribution is 2.31. The number of hydrogen-bond acceptors (Lipinski definition) is 4. The van der Waals surface area contributed by atoms with Crippen LogP contribution in [0.1, 0.15) is 27.9 Å². The van der Waals surface area contributed by atoms with Crippen molar-refractivity contribution in [2.75, 3.05) is 11.9 Å². The van der Waals surface area contributed by atoms with E-state index >= 15 is 0 Å². The molecule has 1 aliphatic heterocycles. The Bertz CT molecular complexity index is 959. The summed E-state index contributed by atoms with van der Waals surface area (Å²) in [7, 11) is 0. The summed E-state index contributed by atoms with van der Waals surface area (Å²) in [6.07, 6.45) is 0.706. The van der Waals surface area contributed by atoms with Crippen molar-refractivity contribution in [3.05, 3.63) is 64.0 Å². The van der Waals surface area contributed by atoms with E-state index in [1.165, 1.54) is 18.3 Å². The van der Waals surface area contributed by atoms with Gasteiger partial charge in [-0.3, -0.25) is 9.59 Å². The molecule has 1 N–H and O–H groups in total. The lowest BCUT2D eigenvalue weighted by atomic mass is 10.1. The van der Waals surface area contributed by atoms with Gasteiger partial charge in [-0.05, 0) is 29.6 Å². The summed E-state index contributed by atoms with van der Waals surface area (Å²) in [5, 5.41) is 4.70. The van der Waals surface area contributed by atoms with Crippen LogP contribution in [-0.2, 0) is 17.8 Å². The van der Waals surface area contributed by atoms with Crippen LogP contribution in [0.5, 0.6) is 0 Å². The number of amides is 2. The molecule has 0 atom stereocenters. The van der Waals surface area contributed by atoms with Gasteiger partial charge in [0, 0.05) is 43.2 Å². The van der Waals surface area contributed by atoms with E-state index in [2.05, 4.69) is 5.32 Å². The van der Waals surface area contributed by atoms with Gasteiger partial charge in [-0.1, -0.05) is 18.2 Å². The second-order valence-corrected chi connectivity index (χ2v) is 7.22. The topological polar surface area (TPSA) is 62.6 Å². The second-order valence-electron chi connectivity index (χ2n) is 6.28. The molecule has 1 aromatic carbocycles. The SMILES string of the molecule is CC(=O)Nc1cccc(-c2cc3c(o2)CCN(C(=O)c2cccs2)C3)c1. The van der Waals surface area contributed by atoms with Crippen LogP contribution in [0.4, 0.5) is 5.69 Å². The van der Waals surface area contributed by atoms with Crippen molar-refractivity contribution in [2.24, 2.45) is 0 Å². The molecule has 0 bridgehead atoms. The smallest absolute Gasteiger partial charge is 0.264 e. The van der Waals surface area contributed by atoms with Gasteiger partial charge >= 0.3 is 0 Å². The fraction of sp³-hybridized carbons (Fsp3) is 0.200. The number of carbonyl (C=O) groups is 2. The molecule has 3 aromatic rings. The third-order valence-corrected chi connectivity index (χ3v) is 5.21. The molecule has 1 aliphatic rings. The van der Waals surface area contributed by atoms with Gasteiger partial charge in [0.05, 0.1) is 4.88 Å². The number of thiophene rings is 1. The fourth-order valence-electron chi connectivity index (χ4n) is 3.16. The van der Waals surface area contributed by atoms with Gasteiger partial charge in [-0.15, -0.1) is 11.3 Å². The summed E-state index contributed by atoms with van der Waals surface area (Å²) < 4.78 is 6.02. The highest BCUT2D eigenvalue weighted by Gasteiger charge is 2.25. The Morgan fingerprint density at radius 1 is 1.19 bits per heavy atom. The van der Waals surface area contributed by atoms with Crippen molar-refractivity contribution in [1.82, 2.24) is 4.90 Å². The average Bonchev–Trinajstić information content (AvgIpc) is 3.30. The number of furan rings is 1. The standard InChI is InChI=1S/C20H18N2O3S/c1-13(23)21-16-5-2-4-14(10-16)18-11-15-12-22(8-7-17(15)25-18)20(24)19-6-3-9-26-19/h2-6,9-11H,7-8,12H2,1H3,(H,21,23). The van der Waals surface area contributed by atoms with Crippen molar-refractivity contribution in [2.45, 2.75) is 19.9 Å². The average molecular weight is 366 g/mol. The third-order valence-electron chi connectivity index (χ3n) is 4.35. The van der Waals surface area contributed by atoms with Gasteiger partial charge in [0.25, 0.3) is 5.91 Å². The zero-order chi connectivity index (χ0) is 18.1. The minimum absolute atomic E-state index is 0.0704. The maximum atomic E-state index is 12.6. The van der Waals surface area contributed by atoms with Crippen molar-refractivity contribution in [3.63, 3.8) is 0 Å². The van der Waals surface area contributed by atoms with E-state index in [1.807, 2.05) is 52.7 Å². The second kappa shape index (κ2) is 6.80. The number of benzene rings is 1.